The molecule has 76 valence electrons. The second-order valence-electron chi connectivity index (χ2n) is 2.80. The van der Waals surface area contributed by atoms with Crippen molar-refractivity contribution < 1.29 is 13.9 Å². The minimum absolute atomic E-state index is 0.0208. The van der Waals surface area contributed by atoms with Crippen LogP contribution in [0.3, 0.4) is 0 Å². The van der Waals surface area contributed by atoms with Crippen LogP contribution >= 0.6 is 15.9 Å². The number of benzene rings is 1. The Kier molecular flexibility index (Phi) is 3.63. The summed E-state index contributed by atoms with van der Waals surface area (Å²) in [5.41, 5.74) is 0.780. The lowest BCUT2D eigenvalue weighted by atomic mass is 10.1. The van der Waals surface area contributed by atoms with E-state index in [0.717, 1.165) is 5.56 Å². The molecule has 0 aromatic heterocycles. The lowest BCUT2D eigenvalue weighted by Gasteiger charge is -2.05. The molecule has 1 aromatic rings. The monoisotopic (exact) mass is 260 g/mol. The average molecular weight is 261 g/mol. The van der Waals surface area contributed by atoms with Gasteiger partial charge in [-0.2, -0.15) is 0 Å². The molecule has 0 aliphatic carbocycles. The lowest BCUT2D eigenvalue weighted by molar-refractivity contribution is 0.0521. The second kappa shape index (κ2) is 4.55. The number of ether oxygens (including phenoxy) is 1. The van der Waals surface area contributed by atoms with E-state index >= 15 is 0 Å². The van der Waals surface area contributed by atoms with E-state index in [1.165, 1.54) is 12.1 Å². The van der Waals surface area contributed by atoms with Crippen LogP contribution in [-0.2, 0) is 4.74 Å². The van der Waals surface area contributed by atoms with Gasteiger partial charge in [-0.3, -0.25) is 0 Å². The molecule has 1 aromatic carbocycles. The molecule has 0 bridgehead atoms. The van der Waals surface area contributed by atoms with Gasteiger partial charge in [-0.1, -0.05) is 15.9 Å². The SMILES string of the molecule is CCOC(=O)c1cc(C)c(Br)cc1F. The number of carbonyl (C=O) groups is 1. The highest BCUT2D eigenvalue weighted by atomic mass is 79.9. The fraction of sp³-hybridized carbons (Fsp3) is 0.300. The molecular formula is C10H10BrFO2. The maximum absolute atomic E-state index is 13.3. The second-order valence-corrected chi connectivity index (χ2v) is 3.66. The number of esters is 1. The predicted molar refractivity (Wildman–Crippen MR) is 54.8 cm³/mol. The van der Waals surface area contributed by atoms with Gasteiger partial charge in [0, 0.05) is 4.47 Å². The molecule has 14 heavy (non-hydrogen) atoms. The van der Waals surface area contributed by atoms with Crippen LogP contribution in [-0.4, -0.2) is 12.6 Å². The van der Waals surface area contributed by atoms with Crippen molar-refractivity contribution in [3.05, 3.63) is 33.5 Å². The Morgan fingerprint density at radius 2 is 2.21 bits per heavy atom. The van der Waals surface area contributed by atoms with E-state index in [1.807, 2.05) is 0 Å². The largest absolute Gasteiger partial charge is 0.462 e. The quantitative estimate of drug-likeness (QED) is 0.765. The zero-order valence-electron chi connectivity index (χ0n) is 7.93. The minimum Gasteiger partial charge on any atom is -0.462 e. The van der Waals surface area contributed by atoms with E-state index in [9.17, 15) is 9.18 Å². The van der Waals surface area contributed by atoms with Gasteiger partial charge >= 0.3 is 5.97 Å². The number of aryl methyl sites for hydroxylation is 1. The van der Waals surface area contributed by atoms with Crippen molar-refractivity contribution in [1.82, 2.24) is 0 Å². The number of rotatable bonds is 2. The summed E-state index contributed by atoms with van der Waals surface area (Å²) >= 11 is 3.18. The molecule has 0 fully saturated rings. The molecule has 1 rings (SSSR count). The van der Waals surface area contributed by atoms with Gasteiger partial charge in [-0.05, 0) is 31.5 Å². The van der Waals surface area contributed by atoms with Crippen molar-refractivity contribution in [2.24, 2.45) is 0 Å². The van der Waals surface area contributed by atoms with E-state index in [0.29, 0.717) is 4.47 Å². The van der Waals surface area contributed by atoms with Crippen LogP contribution in [0.2, 0.25) is 0 Å². The molecule has 0 aliphatic rings. The molecule has 0 aliphatic heterocycles. The molecule has 0 heterocycles. The Labute approximate surface area is 90.2 Å². The summed E-state index contributed by atoms with van der Waals surface area (Å²) in [4.78, 5) is 11.3. The van der Waals surface area contributed by atoms with Crippen molar-refractivity contribution in [3.8, 4) is 0 Å². The average Bonchev–Trinajstić information content (AvgIpc) is 2.11. The summed E-state index contributed by atoms with van der Waals surface area (Å²) in [6.45, 7) is 3.71. The lowest BCUT2D eigenvalue weighted by Crippen LogP contribution is -2.07. The van der Waals surface area contributed by atoms with Crippen molar-refractivity contribution in [2.45, 2.75) is 13.8 Å². The molecule has 0 saturated heterocycles. The summed E-state index contributed by atoms with van der Waals surface area (Å²) in [7, 11) is 0. The maximum Gasteiger partial charge on any atom is 0.341 e. The summed E-state index contributed by atoms with van der Waals surface area (Å²) in [6.07, 6.45) is 0. The first-order valence-electron chi connectivity index (χ1n) is 4.19. The third-order valence-electron chi connectivity index (χ3n) is 1.74. The smallest absolute Gasteiger partial charge is 0.341 e. The number of halogens is 2. The van der Waals surface area contributed by atoms with Gasteiger partial charge in [0.2, 0.25) is 0 Å². The number of carbonyl (C=O) groups excluding carboxylic acids is 1. The van der Waals surface area contributed by atoms with Gasteiger partial charge in [0.1, 0.15) is 5.82 Å². The van der Waals surface area contributed by atoms with Crippen molar-refractivity contribution in [2.75, 3.05) is 6.61 Å². The molecule has 2 nitrogen and oxygen atoms in total. The van der Waals surface area contributed by atoms with Crippen LogP contribution < -0.4 is 0 Å². The third-order valence-corrected chi connectivity index (χ3v) is 2.60. The molecule has 0 N–H and O–H groups in total. The summed E-state index contributed by atoms with van der Waals surface area (Å²) < 4.78 is 18.6. The van der Waals surface area contributed by atoms with Gasteiger partial charge in [0.15, 0.2) is 0 Å². The Balaban J connectivity index is 3.09. The first-order valence-corrected chi connectivity index (χ1v) is 4.98. The van der Waals surface area contributed by atoms with Gasteiger partial charge in [-0.15, -0.1) is 0 Å². The zero-order chi connectivity index (χ0) is 10.7. The van der Waals surface area contributed by atoms with E-state index in [-0.39, 0.29) is 12.2 Å². The van der Waals surface area contributed by atoms with Crippen LogP contribution in [0.25, 0.3) is 0 Å². The van der Waals surface area contributed by atoms with Crippen molar-refractivity contribution in [1.29, 1.82) is 0 Å². The highest BCUT2D eigenvalue weighted by molar-refractivity contribution is 9.10. The molecule has 0 spiro atoms. The van der Waals surface area contributed by atoms with Gasteiger partial charge in [-0.25, -0.2) is 9.18 Å². The van der Waals surface area contributed by atoms with Crippen LogP contribution in [0.5, 0.6) is 0 Å². The molecule has 0 amide bonds. The fourth-order valence-corrected chi connectivity index (χ4v) is 1.34. The highest BCUT2D eigenvalue weighted by Gasteiger charge is 2.14. The van der Waals surface area contributed by atoms with E-state index < -0.39 is 11.8 Å². The number of hydrogen-bond acceptors (Lipinski definition) is 2. The predicted octanol–water partition coefficient (Wildman–Crippen LogP) is 3.07. The molecule has 4 heteroatoms. The van der Waals surface area contributed by atoms with Crippen LogP contribution in [0.15, 0.2) is 16.6 Å². The van der Waals surface area contributed by atoms with Crippen LogP contribution in [0, 0.1) is 12.7 Å². The summed E-state index contributed by atoms with van der Waals surface area (Å²) in [6, 6.07) is 2.74. The maximum atomic E-state index is 13.3. The van der Waals surface area contributed by atoms with Crippen molar-refractivity contribution in [3.63, 3.8) is 0 Å². The zero-order valence-corrected chi connectivity index (χ0v) is 9.52. The molecule has 0 atom stereocenters. The Hall–Kier alpha value is -0.900. The molecule has 0 saturated carbocycles. The third kappa shape index (κ3) is 2.32. The summed E-state index contributed by atoms with van der Waals surface area (Å²) in [5, 5.41) is 0. The Bertz CT molecular complexity index is 363. The fourth-order valence-electron chi connectivity index (χ4n) is 1.02. The first-order chi connectivity index (χ1) is 6.56. The van der Waals surface area contributed by atoms with E-state index in [2.05, 4.69) is 15.9 Å². The standard InChI is InChI=1S/C10H10BrFO2/c1-3-14-10(13)7-4-6(2)8(11)5-9(7)12/h4-5H,3H2,1-2H3. The highest BCUT2D eigenvalue weighted by Crippen LogP contribution is 2.20. The number of hydrogen-bond donors (Lipinski definition) is 0. The van der Waals surface area contributed by atoms with Gasteiger partial charge in [0.05, 0.1) is 12.2 Å². The molecule has 0 unspecified atom stereocenters. The first kappa shape index (κ1) is 11.2. The molecule has 0 radical (unpaired) electrons. The minimum atomic E-state index is -0.624. The van der Waals surface area contributed by atoms with E-state index in [1.54, 1.807) is 13.8 Å². The van der Waals surface area contributed by atoms with Gasteiger partial charge in [0.25, 0.3) is 0 Å². The topological polar surface area (TPSA) is 26.3 Å². The van der Waals surface area contributed by atoms with Crippen LogP contribution in [0.1, 0.15) is 22.8 Å². The molecular weight excluding hydrogens is 251 g/mol. The van der Waals surface area contributed by atoms with Crippen LogP contribution in [0.4, 0.5) is 4.39 Å². The Morgan fingerprint density at radius 3 is 2.79 bits per heavy atom. The normalized spacial score (nSPS) is 10.0. The summed E-state index contributed by atoms with van der Waals surface area (Å²) in [5.74, 6) is -1.19. The van der Waals surface area contributed by atoms with Crippen molar-refractivity contribution >= 4 is 21.9 Å². The Morgan fingerprint density at radius 1 is 1.57 bits per heavy atom. The van der Waals surface area contributed by atoms with Gasteiger partial charge < -0.3 is 4.74 Å². The van der Waals surface area contributed by atoms with E-state index in [4.69, 9.17) is 4.74 Å².